The molecule has 84 valence electrons. The highest BCUT2D eigenvalue weighted by Gasteiger charge is 2.21. The third kappa shape index (κ3) is 2.19. The van der Waals surface area contributed by atoms with Gasteiger partial charge in [0.1, 0.15) is 10.4 Å². The first-order valence-corrected chi connectivity index (χ1v) is 6.42. The summed E-state index contributed by atoms with van der Waals surface area (Å²) >= 11 is 1.76. The average molecular weight is 240 g/mol. The van der Waals surface area contributed by atoms with Crippen molar-refractivity contribution in [2.75, 3.05) is 0 Å². The summed E-state index contributed by atoms with van der Waals surface area (Å²) in [5.41, 5.74) is 5.60. The zero-order chi connectivity index (χ0) is 11.5. The molecule has 1 heterocycles. The Kier molecular flexibility index (Phi) is 2.84. The van der Waals surface area contributed by atoms with Gasteiger partial charge in [-0.2, -0.15) is 5.10 Å². The minimum atomic E-state index is 0.228. The third-order valence-corrected chi connectivity index (χ3v) is 3.80. The fraction of sp³-hybridized carbons (Fsp3) is 0.0714. The van der Waals surface area contributed by atoms with Gasteiger partial charge in [-0.25, -0.2) is 0 Å². The van der Waals surface area contributed by atoms with Crippen molar-refractivity contribution in [2.45, 2.75) is 5.37 Å². The standard InChI is InChI=1S/C14H12N2S/c1-3-7-11(8-4-1)13-15-16-14(17-13)12-9-5-2-6-10-12/h1-10,13,15H/t13-/m0/s1. The quantitative estimate of drug-likeness (QED) is 0.870. The number of rotatable bonds is 2. The van der Waals surface area contributed by atoms with Crippen molar-refractivity contribution < 1.29 is 0 Å². The van der Waals surface area contributed by atoms with Crippen LogP contribution in [0, 0.1) is 0 Å². The highest BCUT2D eigenvalue weighted by molar-refractivity contribution is 8.14. The molecule has 0 spiro atoms. The van der Waals surface area contributed by atoms with Gasteiger partial charge in [-0.05, 0) is 5.56 Å². The zero-order valence-electron chi connectivity index (χ0n) is 9.21. The van der Waals surface area contributed by atoms with Gasteiger partial charge in [-0.1, -0.05) is 72.4 Å². The maximum atomic E-state index is 4.39. The van der Waals surface area contributed by atoms with E-state index in [1.54, 1.807) is 11.8 Å². The minimum absolute atomic E-state index is 0.228. The predicted octanol–water partition coefficient (Wildman–Crippen LogP) is 3.38. The Bertz CT molecular complexity index is 522. The fourth-order valence-corrected chi connectivity index (χ4v) is 2.76. The van der Waals surface area contributed by atoms with Crippen molar-refractivity contribution >= 4 is 16.8 Å². The van der Waals surface area contributed by atoms with Crippen LogP contribution in [0.4, 0.5) is 0 Å². The Labute approximate surface area is 105 Å². The van der Waals surface area contributed by atoms with Gasteiger partial charge >= 0.3 is 0 Å². The molecule has 2 nitrogen and oxygen atoms in total. The lowest BCUT2D eigenvalue weighted by Gasteiger charge is -2.08. The van der Waals surface area contributed by atoms with Crippen LogP contribution in [0.1, 0.15) is 16.5 Å². The number of nitrogens with zero attached hydrogens (tertiary/aromatic N) is 1. The molecule has 0 amide bonds. The molecule has 0 aromatic heterocycles. The number of nitrogens with one attached hydrogen (secondary N) is 1. The molecule has 0 aliphatic carbocycles. The molecule has 0 saturated carbocycles. The third-order valence-electron chi connectivity index (χ3n) is 2.64. The van der Waals surface area contributed by atoms with Crippen molar-refractivity contribution in [3.05, 3.63) is 71.8 Å². The SMILES string of the molecule is c1ccc(C2=NN[C@H](c3ccccc3)S2)cc1. The number of hydrogen-bond acceptors (Lipinski definition) is 3. The van der Waals surface area contributed by atoms with E-state index in [-0.39, 0.29) is 5.37 Å². The maximum Gasteiger partial charge on any atom is 0.126 e. The van der Waals surface area contributed by atoms with E-state index < -0.39 is 0 Å². The Balaban J connectivity index is 1.78. The van der Waals surface area contributed by atoms with E-state index in [1.165, 1.54) is 11.1 Å². The van der Waals surface area contributed by atoms with E-state index in [4.69, 9.17) is 0 Å². The van der Waals surface area contributed by atoms with Gasteiger partial charge in [-0.15, -0.1) is 0 Å². The molecular weight excluding hydrogens is 228 g/mol. The molecule has 1 atom stereocenters. The number of hydrazone groups is 1. The van der Waals surface area contributed by atoms with Gasteiger partial charge in [0, 0.05) is 5.56 Å². The van der Waals surface area contributed by atoms with E-state index in [2.05, 4.69) is 46.9 Å². The van der Waals surface area contributed by atoms with Crippen molar-refractivity contribution in [3.8, 4) is 0 Å². The second kappa shape index (κ2) is 4.63. The van der Waals surface area contributed by atoms with Crippen LogP contribution in [0.3, 0.4) is 0 Å². The summed E-state index contributed by atoms with van der Waals surface area (Å²) in [6, 6.07) is 20.6. The average Bonchev–Trinajstić information content (AvgIpc) is 2.90. The topological polar surface area (TPSA) is 24.4 Å². The minimum Gasteiger partial charge on any atom is -0.291 e. The summed E-state index contributed by atoms with van der Waals surface area (Å²) in [4.78, 5) is 0. The van der Waals surface area contributed by atoms with Gasteiger partial charge < -0.3 is 0 Å². The summed E-state index contributed by atoms with van der Waals surface area (Å²) in [5.74, 6) is 0. The van der Waals surface area contributed by atoms with E-state index in [0.717, 1.165) is 5.04 Å². The Morgan fingerprint density at radius 1 is 0.882 bits per heavy atom. The van der Waals surface area contributed by atoms with Crippen molar-refractivity contribution in [3.63, 3.8) is 0 Å². The van der Waals surface area contributed by atoms with E-state index >= 15 is 0 Å². The lowest BCUT2D eigenvalue weighted by molar-refractivity contribution is 0.744. The summed E-state index contributed by atoms with van der Waals surface area (Å²) in [7, 11) is 0. The summed E-state index contributed by atoms with van der Waals surface area (Å²) in [5, 5.41) is 5.68. The molecule has 17 heavy (non-hydrogen) atoms. The second-order valence-corrected chi connectivity index (χ2v) is 4.91. The monoisotopic (exact) mass is 240 g/mol. The zero-order valence-corrected chi connectivity index (χ0v) is 10.0. The summed E-state index contributed by atoms with van der Waals surface area (Å²) in [6.07, 6.45) is 0. The van der Waals surface area contributed by atoms with E-state index in [0.29, 0.717) is 0 Å². The number of hydrogen-bond donors (Lipinski definition) is 1. The molecule has 0 radical (unpaired) electrons. The highest BCUT2D eigenvalue weighted by Crippen LogP contribution is 2.33. The molecule has 2 aromatic rings. The second-order valence-electron chi connectivity index (χ2n) is 3.82. The normalized spacial score (nSPS) is 18.6. The Morgan fingerprint density at radius 2 is 1.53 bits per heavy atom. The summed E-state index contributed by atoms with van der Waals surface area (Å²) < 4.78 is 0. The van der Waals surface area contributed by atoms with Gasteiger partial charge in [0.25, 0.3) is 0 Å². The molecule has 3 heteroatoms. The van der Waals surface area contributed by atoms with Crippen LogP contribution in [0.15, 0.2) is 65.8 Å². The first-order valence-electron chi connectivity index (χ1n) is 5.54. The predicted molar refractivity (Wildman–Crippen MR) is 72.9 cm³/mol. The van der Waals surface area contributed by atoms with Crippen molar-refractivity contribution in [1.29, 1.82) is 0 Å². The number of thioether (sulfide) groups is 1. The Hall–Kier alpha value is -1.74. The van der Waals surface area contributed by atoms with Crippen molar-refractivity contribution in [2.24, 2.45) is 5.10 Å². The van der Waals surface area contributed by atoms with Gasteiger partial charge in [-0.3, -0.25) is 5.43 Å². The van der Waals surface area contributed by atoms with Crippen LogP contribution < -0.4 is 5.43 Å². The van der Waals surface area contributed by atoms with Crippen LogP contribution in [-0.2, 0) is 0 Å². The molecule has 1 aliphatic heterocycles. The van der Waals surface area contributed by atoms with E-state index in [1.807, 2.05) is 24.3 Å². The molecule has 3 rings (SSSR count). The Morgan fingerprint density at radius 3 is 2.24 bits per heavy atom. The molecular formula is C14H12N2S. The molecule has 0 unspecified atom stereocenters. The van der Waals surface area contributed by atoms with Crippen LogP contribution >= 0.6 is 11.8 Å². The smallest absolute Gasteiger partial charge is 0.126 e. The largest absolute Gasteiger partial charge is 0.291 e. The first kappa shape index (κ1) is 10.4. The highest BCUT2D eigenvalue weighted by atomic mass is 32.2. The molecule has 1 N–H and O–H groups in total. The lowest BCUT2D eigenvalue weighted by atomic mass is 10.2. The van der Waals surface area contributed by atoms with Crippen molar-refractivity contribution in [1.82, 2.24) is 5.43 Å². The fourth-order valence-electron chi connectivity index (χ4n) is 1.77. The van der Waals surface area contributed by atoms with Gasteiger partial charge in [0.15, 0.2) is 0 Å². The van der Waals surface area contributed by atoms with Crippen LogP contribution in [0.2, 0.25) is 0 Å². The molecule has 1 aliphatic rings. The maximum absolute atomic E-state index is 4.39. The summed E-state index contributed by atoms with van der Waals surface area (Å²) in [6.45, 7) is 0. The molecule has 2 aromatic carbocycles. The van der Waals surface area contributed by atoms with Crippen LogP contribution in [0.25, 0.3) is 0 Å². The van der Waals surface area contributed by atoms with E-state index in [9.17, 15) is 0 Å². The molecule has 0 saturated heterocycles. The molecule has 0 fully saturated rings. The first-order chi connectivity index (χ1) is 8.43. The lowest BCUT2D eigenvalue weighted by Crippen LogP contribution is -2.05. The van der Waals surface area contributed by atoms with Crippen LogP contribution in [0.5, 0.6) is 0 Å². The van der Waals surface area contributed by atoms with Crippen LogP contribution in [-0.4, -0.2) is 5.04 Å². The van der Waals surface area contributed by atoms with Gasteiger partial charge in [0.2, 0.25) is 0 Å². The van der Waals surface area contributed by atoms with Gasteiger partial charge in [0.05, 0.1) is 0 Å². The number of benzene rings is 2. The molecule has 0 bridgehead atoms.